The maximum Gasteiger partial charge on any atom is 0.240 e. The number of hydrogen-bond acceptors (Lipinski definition) is 9. The summed E-state index contributed by atoms with van der Waals surface area (Å²) < 4.78 is 0.763. The van der Waals surface area contributed by atoms with E-state index in [1.54, 1.807) is 11.8 Å². The molecular formula is C21H22ClN7OS2. The maximum atomic E-state index is 13.1. The Morgan fingerprint density at radius 2 is 2.09 bits per heavy atom. The van der Waals surface area contributed by atoms with Crippen molar-refractivity contribution in [1.29, 1.82) is 0 Å². The zero-order chi connectivity index (χ0) is 22.2. The number of thiophene rings is 1. The lowest BCUT2D eigenvalue weighted by Gasteiger charge is -2.40. The molecule has 1 saturated heterocycles. The molecule has 1 atom stereocenters. The molecule has 8 nitrogen and oxygen atoms in total. The van der Waals surface area contributed by atoms with Gasteiger partial charge in [-0.1, -0.05) is 29.4 Å². The van der Waals surface area contributed by atoms with Crippen LogP contribution in [-0.2, 0) is 11.3 Å². The number of amides is 1. The van der Waals surface area contributed by atoms with E-state index in [2.05, 4.69) is 14.9 Å². The van der Waals surface area contributed by atoms with Gasteiger partial charge in [0.15, 0.2) is 0 Å². The van der Waals surface area contributed by atoms with Crippen LogP contribution in [0, 0.1) is 0 Å². The summed E-state index contributed by atoms with van der Waals surface area (Å²) >= 11 is 9.28. The first-order valence-electron chi connectivity index (χ1n) is 10.2. The molecule has 1 amide bonds. The molecule has 1 fully saturated rings. The van der Waals surface area contributed by atoms with Crippen LogP contribution in [0.15, 0.2) is 41.8 Å². The van der Waals surface area contributed by atoms with Crippen LogP contribution in [0.2, 0.25) is 4.34 Å². The molecule has 166 valence electrons. The highest BCUT2D eigenvalue weighted by Gasteiger charge is 2.33. The number of halogens is 1. The molecule has 5 rings (SSSR count). The second-order valence-corrected chi connectivity index (χ2v) is 10.4. The summed E-state index contributed by atoms with van der Waals surface area (Å²) in [4.78, 5) is 26.6. The maximum absolute atomic E-state index is 13.1. The van der Waals surface area contributed by atoms with Gasteiger partial charge in [0, 0.05) is 25.0 Å². The van der Waals surface area contributed by atoms with Crippen molar-refractivity contribution in [1.82, 2.24) is 24.8 Å². The van der Waals surface area contributed by atoms with Gasteiger partial charge in [-0.25, -0.2) is 9.97 Å². The third kappa shape index (κ3) is 4.27. The average molecular weight is 488 g/mol. The van der Waals surface area contributed by atoms with Gasteiger partial charge in [0.1, 0.15) is 17.2 Å². The van der Waals surface area contributed by atoms with Crippen molar-refractivity contribution in [3.05, 3.63) is 51.4 Å². The van der Waals surface area contributed by atoms with Crippen molar-refractivity contribution in [3.8, 4) is 0 Å². The summed E-state index contributed by atoms with van der Waals surface area (Å²) in [6.45, 7) is 4.62. The smallest absolute Gasteiger partial charge is 0.240 e. The Morgan fingerprint density at radius 1 is 1.22 bits per heavy atom. The quantitative estimate of drug-likeness (QED) is 0.590. The Hall–Kier alpha value is -2.40. The van der Waals surface area contributed by atoms with Crippen molar-refractivity contribution < 1.29 is 4.79 Å². The molecule has 2 aliphatic heterocycles. The predicted octanol–water partition coefficient (Wildman–Crippen LogP) is 3.29. The van der Waals surface area contributed by atoms with Crippen LogP contribution in [0.4, 0.5) is 5.82 Å². The number of anilines is 1. The van der Waals surface area contributed by atoms with E-state index in [-0.39, 0.29) is 11.9 Å². The molecule has 3 aromatic rings. The molecule has 11 heteroatoms. The minimum atomic E-state index is -0.206. The third-order valence-corrected chi connectivity index (χ3v) is 8.06. The monoisotopic (exact) mass is 487 g/mol. The van der Waals surface area contributed by atoms with Crippen LogP contribution in [0.3, 0.4) is 0 Å². The van der Waals surface area contributed by atoms with Gasteiger partial charge in [0.2, 0.25) is 5.91 Å². The van der Waals surface area contributed by atoms with Crippen molar-refractivity contribution >= 4 is 62.4 Å². The van der Waals surface area contributed by atoms with Gasteiger partial charge in [0.25, 0.3) is 0 Å². The van der Waals surface area contributed by atoms with E-state index >= 15 is 0 Å². The van der Waals surface area contributed by atoms with E-state index in [1.165, 1.54) is 17.7 Å². The molecule has 0 saturated carbocycles. The first-order valence-corrected chi connectivity index (χ1v) is 12.4. The lowest BCUT2D eigenvalue weighted by atomic mass is 10.1. The van der Waals surface area contributed by atoms with E-state index < -0.39 is 0 Å². The zero-order valence-electron chi connectivity index (χ0n) is 17.4. The highest BCUT2D eigenvalue weighted by molar-refractivity contribution is 8.14. The summed E-state index contributed by atoms with van der Waals surface area (Å²) in [5, 5.41) is 8.55. The minimum Gasteiger partial charge on any atom is -0.383 e. The van der Waals surface area contributed by atoms with E-state index in [0.717, 1.165) is 43.1 Å². The van der Waals surface area contributed by atoms with Crippen LogP contribution in [0.25, 0.3) is 10.9 Å². The molecule has 0 bridgehead atoms. The minimum absolute atomic E-state index is 0.125. The number of rotatable bonds is 5. The number of carbonyl (C=O) groups excluding carboxylic acids is 1. The summed E-state index contributed by atoms with van der Waals surface area (Å²) in [5.74, 6) is 1.36. The number of hydrogen-bond donors (Lipinski definition) is 1. The van der Waals surface area contributed by atoms with Gasteiger partial charge in [-0.05, 0) is 36.8 Å². The number of carbonyl (C=O) groups is 1. The number of hydrazone groups is 1. The second kappa shape index (κ2) is 8.86. The lowest BCUT2D eigenvalue weighted by molar-refractivity contribution is -0.143. The van der Waals surface area contributed by atoms with Crippen LogP contribution in [0.5, 0.6) is 0 Å². The number of fused-ring (bicyclic) bond motifs is 1. The summed E-state index contributed by atoms with van der Waals surface area (Å²) in [5.41, 5.74) is 7.74. The molecule has 32 heavy (non-hydrogen) atoms. The fraction of sp³-hybridized carbons (Fsp3) is 0.333. The summed E-state index contributed by atoms with van der Waals surface area (Å²) in [7, 11) is 0. The fourth-order valence-electron chi connectivity index (χ4n) is 3.92. The van der Waals surface area contributed by atoms with Crippen molar-refractivity contribution in [2.75, 3.05) is 31.4 Å². The zero-order valence-corrected chi connectivity index (χ0v) is 19.8. The Morgan fingerprint density at radius 3 is 2.91 bits per heavy atom. The number of nitrogens with two attached hydrogens (primary N) is 1. The molecule has 0 aliphatic carbocycles. The molecule has 2 aliphatic rings. The van der Waals surface area contributed by atoms with Gasteiger partial charge in [0.05, 0.1) is 33.3 Å². The van der Waals surface area contributed by atoms with E-state index in [4.69, 9.17) is 22.4 Å². The van der Waals surface area contributed by atoms with Crippen molar-refractivity contribution in [2.24, 2.45) is 5.10 Å². The number of aromatic nitrogens is 2. The van der Waals surface area contributed by atoms with E-state index in [0.29, 0.717) is 25.6 Å². The molecule has 2 N–H and O–H groups in total. The second-order valence-electron chi connectivity index (χ2n) is 7.79. The fourth-order valence-corrected chi connectivity index (χ4v) is 5.94. The molecule has 2 aromatic heterocycles. The molecular weight excluding hydrogens is 466 g/mol. The van der Waals surface area contributed by atoms with Crippen LogP contribution >= 0.6 is 34.7 Å². The lowest BCUT2D eigenvalue weighted by Crippen LogP contribution is -2.57. The number of thioether (sulfide) groups is 1. The number of nitrogens with zero attached hydrogens (tertiary/aromatic N) is 6. The highest BCUT2D eigenvalue weighted by atomic mass is 35.5. The van der Waals surface area contributed by atoms with Crippen LogP contribution < -0.4 is 5.73 Å². The Kier molecular flexibility index (Phi) is 5.93. The van der Waals surface area contributed by atoms with Gasteiger partial charge < -0.3 is 10.6 Å². The molecule has 1 aromatic carbocycles. The van der Waals surface area contributed by atoms with Gasteiger partial charge in [-0.15, -0.1) is 11.3 Å². The predicted molar refractivity (Wildman–Crippen MR) is 131 cm³/mol. The Bertz CT molecular complexity index is 1200. The molecule has 0 radical (unpaired) electrons. The van der Waals surface area contributed by atoms with Gasteiger partial charge in [-0.2, -0.15) is 5.10 Å². The Labute approximate surface area is 199 Å². The molecule has 4 heterocycles. The Balaban J connectivity index is 1.22. The van der Waals surface area contributed by atoms with Crippen molar-refractivity contribution in [3.63, 3.8) is 0 Å². The summed E-state index contributed by atoms with van der Waals surface area (Å²) in [6, 6.07) is 9.58. The molecule has 0 unspecified atom stereocenters. The largest absolute Gasteiger partial charge is 0.383 e. The SMILES string of the molecule is C[C@H]1C(=O)N(Cc2ccc3c(N)ncnc3c2)CCN1CN1CSC(c2ccc(Cl)s2)=N1. The van der Waals surface area contributed by atoms with E-state index in [9.17, 15) is 4.79 Å². The van der Waals surface area contributed by atoms with E-state index in [1.807, 2.05) is 47.2 Å². The van der Waals surface area contributed by atoms with Crippen LogP contribution in [-0.4, -0.2) is 67.4 Å². The summed E-state index contributed by atoms with van der Waals surface area (Å²) in [6.07, 6.45) is 1.46. The standard InChI is InChI=1S/C21H22ClN7OS2/c1-13-21(30)27(9-14-2-3-15-16(8-14)24-10-25-19(15)23)6-7-28(13)11-29-12-31-20(26-29)17-4-5-18(22)32-17/h2-5,8,10,13H,6-7,9,11-12H2,1H3,(H2,23,24,25)/t13-/m0/s1. The number of piperazine rings is 1. The topological polar surface area (TPSA) is 90.9 Å². The van der Waals surface area contributed by atoms with Crippen LogP contribution in [0.1, 0.15) is 17.4 Å². The first-order chi connectivity index (χ1) is 15.5. The molecule has 0 spiro atoms. The van der Waals surface area contributed by atoms with Gasteiger partial charge >= 0.3 is 0 Å². The van der Waals surface area contributed by atoms with Gasteiger partial charge in [-0.3, -0.25) is 14.7 Å². The third-order valence-electron chi connectivity index (χ3n) is 5.69. The number of nitrogen functional groups attached to an aromatic ring is 1. The number of benzene rings is 1. The van der Waals surface area contributed by atoms with Crippen molar-refractivity contribution in [2.45, 2.75) is 19.5 Å². The average Bonchev–Trinajstić information content (AvgIpc) is 3.42. The normalized spacial score (nSPS) is 19.8. The highest BCUT2D eigenvalue weighted by Crippen LogP contribution is 2.30. The first kappa shape index (κ1) is 21.4.